The predicted molar refractivity (Wildman–Crippen MR) is 66.7 cm³/mol. The van der Waals surface area contributed by atoms with Crippen LogP contribution in [0.5, 0.6) is 0 Å². The first-order chi connectivity index (χ1) is 7.59. The van der Waals surface area contributed by atoms with Crippen molar-refractivity contribution in [2.75, 3.05) is 32.4 Å². The van der Waals surface area contributed by atoms with Crippen LogP contribution < -0.4 is 5.73 Å². The Balaban J connectivity index is 2.14. The number of rotatable bonds is 1. The van der Waals surface area contributed by atoms with Gasteiger partial charge in [0.15, 0.2) is 0 Å². The van der Waals surface area contributed by atoms with E-state index in [1.807, 2.05) is 10.3 Å². The van der Waals surface area contributed by atoms with Crippen molar-refractivity contribution in [3.05, 3.63) is 16.3 Å². The van der Waals surface area contributed by atoms with E-state index in [9.17, 15) is 4.79 Å². The van der Waals surface area contributed by atoms with Gasteiger partial charge in [0.1, 0.15) is 4.88 Å². The summed E-state index contributed by atoms with van der Waals surface area (Å²) >= 11 is 1.42. The Bertz CT molecular complexity index is 390. The molecule has 1 aromatic heterocycles. The number of amides is 1. The van der Waals surface area contributed by atoms with Crippen LogP contribution in [0.25, 0.3) is 0 Å². The fourth-order valence-electron chi connectivity index (χ4n) is 2.06. The second-order valence-corrected chi connectivity index (χ2v) is 5.23. The Labute approximate surface area is 99.6 Å². The molecule has 1 amide bonds. The summed E-state index contributed by atoms with van der Waals surface area (Å²) in [5.41, 5.74) is 6.37. The molecule has 1 aliphatic rings. The Morgan fingerprint density at radius 1 is 1.56 bits per heavy atom. The van der Waals surface area contributed by atoms with Crippen LogP contribution in [0.1, 0.15) is 16.6 Å². The minimum Gasteiger partial charge on any atom is -0.397 e. The SMILES string of the molecule is CC1CN(C)CCN1C(=O)c1sccc1N. The van der Waals surface area contributed by atoms with Crippen molar-refractivity contribution in [2.45, 2.75) is 13.0 Å². The van der Waals surface area contributed by atoms with Gasteiger partial charge in [0.2, 0.25) is 0 Å². The van der Waals surface area contributed by atoms with Crippen molar-refractivity contribution in [3.8, 4) is 0 Å². The van der Waals surface area contributed by atoms with Crippen LogP contribution in [-0.2, 0) is 0 Å². The van der Waals surface area contributed by atoms with E-state index in [0.29, 0.717) is 10.6 Å². The van der Waals surface area contributed by atoms with Gasteiger partial charge in [-0.05, 0) is 25.4 Å². The highest BCUT2D eigenvalue weighted by Crippen LogP contribution is 2.22. The van der Waals surface area contributed by atoms with E-state index in [4.69, 9.17) is 5.73 Å². The first kappa shape index (κ1) is 11.4. The fourth-order valence-corrected chi connectivity index (χ4v) is 2.84. The molecule has 1 fully saturated rings. The maximum atomic E-state index is 12.2. The van der Waals surface area contributed by atoms with Crippen LogP contribution in [0.2, 0.25) is 0 Å². The van der Waals surface area contributed by atoms with Crippen molar-refractivity contribution in [3.63, 3.8) is 0 Å². The normalized spacial score (nSPS) is 22.4. The molecule has 1 unspecified atom stereocenters. The number of hydrogen-bond acceptors (Lipinski definition) is 4. The minimum absolute atomic E-state index is 0.0769. The van der Waals surface area contributed by atoms with Gasteiger partial charge in [-0.1, -0.05) is 0 Å². The molecule has 1 aromatic rings. The van der Waals surface area contributed by atoms with Gasteiger partial charge < -0.3 is 15.5 Å². The smallest absolute Gasteiger partial charge is 0.266 e. The Hall–Kier alpha value is -1.07. The van der Waals surface area contributed by atoms with E-state index in [0.717, 1.165) is 19.6 Å². The van der Waals surface area contributed by atoms with Gasteiger partial charge in [0.05, 0.1) is 5.69 Å². The van der Waals surface area contributed by atoms with Crippen molar-refractivity contribution in [1.29, 1.82) is 0 Å². The Morgan fingerprint density at radius 3 is 2.88 bits per heavy atom. The van der Waals surface area contributed by atoms with Gasteiger partial charge in [-0.25, -0.2) is 0 Å². The quantitative estimate of drug-likeness (QED) is 0.798. The van der Waals surface area contributed by atoms with Crippen LogP contribution in [0, 0.1) is 0 Å². The van der Waals surface area contributed by atoms with Crippen molar-refractivity contribution < 1.29 is 4.79 Å². The average molecular weight is 239 g/mol. The number of carbonyl (C=O) groups excluding carboxylic acids is 1. The molecule has 1 atom stereocenters. The van der Waals surface area contributed by atoms with Gasteiger partial charge in [0.25, 0.3) is 5.91 Å². The molecule has 1 saturated heterocycles. The maximum absolute atomic E-state index is 12.2. The average Bonchev–Trinajstić information content (AvgIpc) is 2.63. The summed E-state index contributed by atoms with van der Waals surface area (Å²) in [6, 6.07) is 2.05. The first-order valence-electron chi connectivity index (χ1n) is 5.42. The summed E-state index contributed by atoms with van der Waals surface area (Å²) < 4.78 is 0. The molecule has 16 heavy (non-hydrogen) atoms. The largest absolute Gasteiger partial charge is 0.397 e. The molecule has 0 saturated carbocycles. The molecule has 4 nitrogen and oxygen atoms in total. The molecule has 0 bridgehead atoms. The molecular formula is C11H17N3OS. The van der Waals surface area contributed by atoms with Gasteiger partial charge in [0, 0.05) is 25.7 Å². The van der Waals surface area contributed by atoms with E-state index < -0.39 is 0 Å². The minimum atomic E-state index is 0.0769. The van der Waals surface area contributed by atoms with E-state index >= 15 is 0 Å². The molecule has 0 radical (unpaired) electrons. The molecule has 5 heteroatoms. The lowest BCUT2D eigenvalue weighted by Gasteiger charge is -2.38. The number of nitrogens with two attached hydrogens (primary N) is 1. The standard InChI is InChI=1S/C11H17N3OS/c1-8-7-13(2)4-5-14(8)11(15)10-9(12)3-6-16-10/h3,6,8H,4-5,7,12H2,1-2H3. The van der Waals surface area contributed by atoms with Crippen LogP contribution in [-0.4, -0.2) is 48.4 Å². The molecule has 88 valence electrons. The monoisotopic (exact) mass is 239 g/mol. The third kappa shape index (κ3) is 2.05. The molecule has 2 rings (SSSR count). The van der Waals surface area contributed by atoms with Crippen LogP contribution in [0.3, 0.4) is 0 Å². The Morgan fingerprint density at radius 2 is 2.31 bits per heavy atom. The highest BCUT2D eigenvalue weighted by molar-refractivity contribution is 7.12. The topological polar surface area (TPSA) is 49.6 Å². The molecule has 2 heterocycles. The Kier molecular flexibility index (Phi) is 3.16. The number of nitrogen functional groups attached to an aromatic ring is 1. The molecule has 2 N–H and O–H groups in total. The van der Waals surface area contributed by atoms with Gasteiger partial charge in [-0.2, -0.15) is 0 Å². The van der Waals surface area contributed by atoms with Gasteiger partial charge in [-0.15, -0.1) is 11.3 Å². The number of thiophene rings is 1. The number of hydrogen-bond donors (Lipinski definition) is 1. The zero-order chi connectivity index (χ0) is 11.7. The number of likely N-dealkylation sites (N-methyl/N-ethyl adjacent to an activating group) is 1. The summed E-state index contributed by atoms with van der Waals surface area (Å²) in [4.78, 5) is 17.1. The van der Waals surface area contributed by atoms with Crippen LogP contribution >= 0.6 is 11.3 Å². The zero-order valence-corrected chi connectivity index (χ0v) is 10.5. The molecular weight excluding hydrogens is 222 g/mol. The summed E-state index contributed by atoms with van der Waals surface area (Å²) in [5, 5.41) is 1.86. The molecule has 1 aliphatic heterocycles. The summed E-state index contributed by atoms with van der Waals surface area (Å²) in [6.07, 6.45) is 0. The van der Waals surface area contributed by atoms with E-state index in [2.05, 4.69) is 18.9 Å². The van der Waals surface area contributed by atoms with E-state index in [1.54, 1.807) is 6.07 Å². The van der Waals surface area contributed by atoms with Crippen LogP contribution in [0.15, 0.2) is 11.4 Å². The number of anilines is 1. The highest BCUT2D eigenvalue weighted by atomic mass is 32.1. The van der Waals surface area contributed by atoms with Crippen molar-refractivity contribution >= 4 is 22.9 Å². The van der Waals surface area contributed by atoms with Crippen molar-refractivity contribution in [1.82, 2.24) is 9.80 Å². The fraction of sp³-hybridized carbons (Fsp3) is 0.545. The zero-order valence-electron chi connectivity index (χ0n) is 9.64. The second-order valence-electron chi connectivity index (χ2n) is 4.31. The predicted octanol–water partition coefficient (Wildman–Crippen LogP) is 1.11. The number of piperazine rings is 1. The van der Waals surface area contributed by atoms with Gasteiger partial charge >= 0.3 is 0 Å². The summed E-state index contributed by atoms with van der Waals surface area (Å²) in [5.74, 6) is 0.0769. The highest BCUT2D eigenvalue weighted by Gasteiger charge is 2.27. The molecule has 0 aromatic carbocycles. The van der Waals surface area contributed by atoms with E-state index in [1.165, 1.54) is 11.3 Å². The third-order valence-electron chi connectivity index (χ3n) is 2.98. The molecule has 0 aliphatic carbocycles. The van der Waals surface area contributed by atoms with Crippen molar-refractivity contribution in [2.24, 2.45) is 0 Å². The number of carbonyl (C=O) groups is 1. The van der Waals surface area contributed by atoms with Gasteiger partial charge in [-0.3, -0.25) is 4.79 Å². The third-order valence-corrected chi connectivity index (χ3v) is 3.90. The molecule has 0 spiro atoms. The van der Waals surface area contributed by atoms with Crippen LogP contribution in [0.4, 0.5) is 5.69 Å². The number of nitrogens with zero attached hydrogens (tertiary/aromatic N) is 2. The maximum Gasteiger partial charge on any atom is 0.266 e. The lowest BCUT2D eigenvalue weighted by atomic mass is 10.2. The lowest BCUT2D eigenvalue weighted by Crippen LogP contribution is -2.52. The first-order valence-corrected chi connectivity index (χ1v) is 6.30. The summed E-state index contributed by atoms with van der Waals surface area (Å²) in [6.45, 7) is 4.73. The van der Waals surface area contributed by atoms with E-state index in [-0.39, 0.29) is 11.9 Å². The summed E-state index contributed by atoms with van der Waals surface area (Å²) in [7, 11) is 2.08. The second kappa shape index (κ2) is 4.43. The lowest BCUT2D eigenvalue weighted by molar-refractivity contribution is 0.0539.